The Balaban J connectivity index is 2.14. The van der Waals surface area contributed by atoms with Crippen molar-refractivity contribution >= 4 is 28.8 Å². The highest BCUT2D eigenvalue weighted by Gasteiger charge is 2.46. The van der Waals surface area contributed by atoms with Gasteiger partial charge in [0.05, 0.1) is 18.2 Å². The normalized spacial score (nSPS) is 18.1. The lowest BCUT2D eigenvalue weighted by Gasteiger charge is -2.25. The second-order valence-electron chi connectivity index (χ2n) is 8.51. The molecule has 1 aliphatic rings. The molecule has 5 nitrogen and oxygen atoms in total. The van der Waals surface area contributed by atoms with Crippen molar-refractivity contribution in [3.8, 4) is 5.75 Å². The van der Waals surface area contributed by atoms with Gasteiger partial charge in [-0.05, 0) is 67.0 Å². The van der Waals surface area contributed by atoms with Crippen LogP contribution in [0.1, 0.15) is 80.5 Å². The molecule has 1 saturated heterocycles. The third kappa shape index (κ3) is 4.60. The van der Waals surface area contributed by atoms with Gasteiger partial charge < -0.3 is 14.7 Å². The highest BCUT2D eigenvalue weighted by Crippen LogP contribution is 2.43. The van der Waals surface area contributed by atoms with Crippen LogP contribution in [-0.4, -0.2) is 34.8 Å². The zero-order valence-electron chi connectivity index (χ0n) is 19.6. The first-order valence-corrected chi connectivity index (χ1v) is 12.3. The number of nitrogens with zero attached hydrogens (tertiary/aromatic N) is 1. The summed E-state index contributed by atoms with van der Waals surface area (Å²) in [7, 11) is 0. The van der Waals surface area contributed by atoms with E-state index in [4.69, 9.17) is 4.74 Å². The highest BCUT2D eigenvalue weighted by molar-refractivity contribution is 7.10. The van der Waals surface area contributed by atoms with Crippen LogP contribution < -0.4 is 4.74 Å². The summed E-state index contributed by atoms with van der Waals surface area (Å²) in [6, 6.07) is 6.89. The van der Waals surface area contributed by atoms with Crippen LogP contribution in [0.25, 0.3) is 5.76 Å². The van der Waals surface area contributed by atoms with Crippen molar-refractivity contribution in [3.05, 3.63) is 56.8 Å². The Hall–Kier alpha value is -2.60. The molecule has 172 valence electrons. The number of benzene rings is 1. The Bertz CT molecular complexity index is 1020. The SMILES string of the molecule is CCCCCN1C(=O)C(=O)/C(=C(\O)c2ccc(OCC)c(C(C)C)c2)C1c1sccc1C. The van der Waals surface area contributed by atoms with E-state index in [0.717, 1.165) is 41.0 Å². The van der Waals surface area contributed by atoms with Gasteiger partial charge in [-0.2, -0.15) is 0 Å². The fraction of sp³-hybridized carbons (Fsp3) is 0.462. The van der Waals surface area contributed by atoms with Crippen LogP contribution in [0, 0.1) is 6.92 Å². The van der Waals surface area contributed by atoms with Gasteiger partial charge in [0.25, 0.3) is 11.7 Å². The van der Waals surface area contributed by atoms with Crippen molar-refractivity contribution in [2.24, 2.45) is 0 Å². The minimum Gasteiger partial charge on any atom is -0.507 e. The van der Waals surface area contributed by atoms with Gasteiger partial charge in [-0.25, -0.2) is 0 Å². The maximum absolute atomic E-state index is 13.1. The molecule has 1 N–H and O–H groups in total. The minimum atomic E-state index is -0.614. The summed E-state index contributed by atoms with van der Waals surface area (Å²) >= 11 is 1.52. The Morgan fingerprint density at radius 1 is 1.19 bits per heavy atom. The number of unbranched alkanes of at least 4 members (excludes halogenated alkanes) is 2. The summed E-state index contributed by atoms with van der Waals surface area (Å²) in [4.78, 5) is 28.7. The third-order valence-electron chi connectivity index (χ3n) is 5.90. The molecular formula is C26H33NO4S. The van der Waals surface area contributed by atoms with Gasteiger partial charge in [-0.15, -0.1) is 11.3 Å². The molecule has 2 heterocycles. The summed E-state index contributed by atoms with van der Waals surface area (Å²) < 4.78 is 5.74. The van der Waals surface area contributed by atoms with E-state index in [9.17, 15) is 14.7 Å². The standard InChI is InChI=1S/C26H33NO4S/c1-6-8-9-13-27-22(25-17(5)12-14-32-25)21(24(29)26(27)30)23(28)18-10-11-20(31-7-2)19(15-18)16(3)4/h10-12,14-16,22,28H,6-9,13H2,1-5H3/b23-21-. The number of aliphatic hydroxyl groups is 1. The summed E-state index contributed by atoms with van der Waals surface area (Å²) in [5.74, 6) is -0.322. The van der Waals surface area contributed by atoms with E-state index in [1.807, 2.05) is 37.4 Å². The number of likely N-dealkylation sites (tertiary alicyclic amines) is 1. The number of ether oxygens (including phenoxy) is 1. The van der Waals surface area contributed by atoms with Crippen molar-refractivity contribution in [1.29, 1.82) is 0 Å². The number of hydrogen-bond acceptors (Lipinski definition) is 5. The van der Waals surface area contributed by atoms with Crippen LogP contribution in [0.15, 0.2) is 35.2 Å². The largest absolute Gasteiger partial charge is 0.507 e. The van der Waals surface area contributed by atoms with Crippen molar-refractivity contribution in [2.45, 2.75) is 65.8 Å². The van der Waals surface area contributed by atoms with E-state index in [2.05, 4.69) is 20.8 Å². The molecule has 1 aromatic carbocycles. The van der Waals surface area contributed by atoms with Gasteiger partial charge in [-0.1, -0.05) is 33.6 Å². The predicted octanol–water partition coefficient (Wildman–Crippen LogP) is 6.19. The van der Waals surface area contributed by atoms with Gasteiger partial charge in [0.1, 0.15) is 11.5 Å². The number of amides is 1. The summed E-state index contributed by atoms with van der Waals surface area (Å²) in [5.41, 5.74) is 2.68. The lowest BCUT2D eigenvalue weighted by atomic mass is 9.94. The number of aryl methyl sites for hydroxylation is 1. The average molecular weight is 456 g/mol. The summed E-state index contributed by atoms with van der Waals surface area (Å²) in [6.45, 7) is 11.2. The molecule has 3 rings (SSSR count). The first kappa shape index (κ1) is 24.1. The number of carbonyl (C=O) groups excluding carboxylic acids is 2. The second-order valence-corrected chi connectivity index (χ2v) is 9.46. The highest BCUT2D eigenvalue weighted by atomic mass is 32.1. The van der Waals surface area contributed by atoms with E-state index in [1.165, 1.54) is 11.3 Å². The minimum absolute atomic E-state index is 0.121. The molecule has 0 aliphatic carbocycles. The van der Waals surface area contributed by atoms with E-state index in [-0.39, 0.29) is 17.3 Å². The molecule has 1 amide bonds. The Morgan fingerprint density at radius 3 is 2.53 bits per heavy atom. The van der Waals surface area contributed by atoms with E-state index < -0.39 is 17.7 Å². The number of rotatable bonds is 9. The zero-order valence-corrected chi connectivity index (χ0v) is 20.4. The zero-order chi connectivity index (χ0) is 23.4. The number of hydrogen-bond donors (Lipinski definition) is 1. The fourth-order valence-electron chi connectivity index (χ4n) is 4.17. The Labute approximate surface area is 194 Å². The second kappa shape index (κ2) is 10.3. The van der Waals surface area contributed by atoms with Gasteiger partial charge in [0.2, 0.25) is 0 Å². The molecule has 2 aromatic rings. The van der Waals surface area contributed by atoms with E-state index >= 15 is 0 Å². The quantitative estimate of drug-likeness (QED) is 0.212. The van der Waals surface area contributed by atoms with Gasteiger partial charge in [0, 0.05) is 17.0 Å². The number of carbonyl (C=O) groups is 2. The van der Waals surface area contributed by atoms with Crippen LogP contribution in [0.4, 0.5) is 0 Å². The fourth-order valence-corrected chi connectivity index (χ4v) is 5.22. The molecule has 32 heavy (non-hydrogen) atoms. The first-order chi connectivity index (χ1) is 15.3. The molecule has 1 aliphatic heterocycles. The maximum Gasteiger partial charge on any atom is 0.295 e. The molecule has 1 atom stereocenters. The lowest BCUT2D eigenvalue weighted by Crippen LogP contribution is -2.30. The number of Topliss-reactive ketones (excluding diaryl/α,β-unsaturated/α-hetero) is 1. The van der Waals surface area contributed by atoms with Gasteiger partial charge in [-0.3, -0.25) is 9.59 Å². The van der Waals surface area contributed by atoms with Crippen LogP contribution in [0.3, 0.4) is 0 Å². The number of ketones is 1. The molecule has 0 radical (unpaired) electrons. The average Bonchev–Trinajstić information content (AvgIpc) is 3.29. The molecule has 1 unspecified atom stereocenters. The molecule has 0 spiro atoms. The monoisotopic (exact) mass is 455 g/mol. The summed E-state index contributed by atoms with van der Waals surface area (Å²) in [5, 5.41) is 13.3. The van der Waals surface area contributed by atoms with Crippen molar-refractivity contribution in [1.82, 2.24) is 4.90 Å². The van der Waals surface area contributed by atoms with Crippen LogP contribution in [0.5, 0.6) is 5.75 Å². The van der Waals surface area contributed by atoms with Crippen LogP contribution >= 0.6 is 11.3 Å². The first-order valence-electron chi connectivity index (χ1n) is 11.4. The molecule has 1 fully saturated rings. The third-order valence-corrected chi connectivity index (χ3v) is 6.97. The van der Waals surface area contributed by atoms with Gasteiger partial charge in [0.15, 0.2) is 0 Å². The topological polar surface area (TPSA) is 66.8 Å². The summed E-state index contributed by atoms with van der Waals surface area (Å²) in [6.07, 6.45) is 2.83. The Kier molecular flexibility index (Phi) is 7.77. The predicted molar refractivity (Wildman–Crippen MR) is 129 cm³/mol. The molecular weight excluding hydrogens is 422 g/mol. The van der Waals surface area contributed by atoms with E-state index in [1.54, 1.807) is 11.0 Å². The van der Waals surface area contributed by atoms with Crippen LogP contribution in [0.2, 0.25) is 0 Å². The molecule has 0 saturated carbocycles. The molecule has 0 bridgehead atoms. The van der Waals surface area contributed by atoms with Crippen LogP contribution in [-0.2, 0) is 9.59 Å². The molecule has 6 heteroatoms. The maximum atomic E-state index is 13.1. The lowest BCUT2D eigenvalue weighted by molar-refractivity contribution is -0.139. The number of thiophene rings is 1. The van der Waals surface area contributed by atoms with E-state index in [0.29, 0.717) is 18.7 Å². The van der Waals surface area contributed by atoms with Gasteiger partial charge >= 0.3 is 0 Å². The van der Waals surface area contributed by atoms with Crippen molar-refractivity contribution in [2.75, 3.05) is 13.2 Å². The van der Waals surface area contributed by atoms with Crippen molar-refractivity contribution in [3.63, 3.8) is 0 Å². The smallest absolute Gasteiger partial charge is 0.295 e. The molecule has 1 aromatic heterocycles. The number of aliphatic hydroxyl groups excluding tert-OH is 1. The Morgan fingerprint density at radius 2 is 1.94 bits per heavy atom. The van der Waals surface area contributed by atoms with Crippen molar-refractivity contribution < 1.29 is 19.4 Å².